The van der Waals surface area contributed by atoms with Gasteiger partial charge >= 0.3 is 6.01 Å². The van der Waals surface area contributed by atoms with E-state index in [4.69, 9.17) is 44.2 Å². The largest absolute Gasteiger partial charge is 0.480 e. The number of aromatic nitrogens is 4. The van der Waals surface area contributed by atoms with Gasteiger partial charge in [-0.2, -0.15) is 4.98 Å². The molecule has 4 heterocycles. The molecule has 1 N–H and O–H groups in total. The molecule has 2 aromatic heterocycles. The van der Waals surface area contributed by atoms with E-state index in [1.165, 1.54) is 37.4 Å². The fourth-order valence-electron chi connectivity index (χ4n) is 5.53. The Morgan fingerprint density at radius 2 is 1.78 bits per heavy atom. The van der Waals surface area contributed by atoms with Gasteiger partial charge in [0.2, 0.25) is 11.6 Å². The summed E-state index contributed by atoms with van der Waals surface area (Å²) in [6, 6.07) is 9.32. The Morgan fingerprint density at radius 1 is 1.05 bits per heavy atom. The second kappa shape index (κ2) is 9.47. The summed E-state index contributed by atoms with van der Waals surface area (Å²) < 4.78 is 12.5. The summed E-state index contributed by atoms with van der Waals surface area (Å²) in [6.45, 7) is 11.6. The number of nitrogens with zero attached hydrogens (tertiary/aromatic N) is 6. The van der Waals surface area contributed by atoms with Crippen molar-refractivity contribution >= 4 is 52.1 Å². The topological polar surface area (TPSA) is 116 Å². The van der Waals surface area contributed by atoms with E-state index in [1.807, 2.05) is 13.8 Å². The Morgan fingerprint density at radius 3 is 2.46 bits per heavy atom. The van der Waals surface area contributed by atoms with Gasteiger partial charge in [0.05, 0.1) is 37.7 Å². The third-order valence-electron chi connectivity index (χ3n) is 7.11. The smallest absolute Gasteiger partial charge is 0.319 e. The molecule has 1 spiro atoms. The third kappa shape index (κ3) is 3.61. The Balaban J connectivity index is 1.74. The van der Waals surface area contributed by atoms with Crippen LogP contribution in [0.5, 0.6) is 11.9 Å². The number of hydrogen-bond donors (Lipinski definition) is 1. The number of carbonyl (C=O) groups excluding carboxylic acids is 2. The predicted octanol–water partition coefficient (Wildman–Crippen LogP) is 5.65. The number of imidazole rings is 1. The van der Waals surface area contributed by atoms with Crippen LogP contribution in [0, 0.1) is 6.57 Å². The molecule has 0 saturated heterocycles. The van der Waals surface area contributed by atoms with E-state index in [0.717, 1.165) is 0 Å². The maximum Gasteiger partial charge on any atom is 0.319 e. The minimum Gasteiger partial charge on any atom is -0.480 e. The van der Waals surface area contributed by atoms with Crippen LogP contribution in [-0.4, -0.2) is 45.6 Å². The van der Waals surface area contributed by atoms with Crippen LogP contribution in [0.4, 0.5) is 17.1 Å². The van der Waals surface area contributed by atoms with Crippen LogP contribution >= 0.6 is 23.2 Å². The number of carbonyl (C=O) groups is 2. The van der Waals surface area contributed by atoms with E-state index in [0.29, 0.717) is 38.4 Å². The zero-order valence-corrected chi connectivity index (χ0v) is 23.7. The lowest BCUT2D eigenvalue weighted by Crippen LogP contribution is -2.51. The van der Waals surface area contributed by atoms with Crippen molar-refractivity contribution in [3.8, 4) is 23.3 Å². The van der Waals surface area contributed by atoms with Gasteiger partial charge in [-0.15, -0.1) is 0 Å². The monoisotopic (exact) mass is 589 g/mol. The van der Waals surface area contributed by atoms with E-state index in [1.54, 1.807) is 28.8 Å². The molecule has 2 aliphatic heterocycles. The van der Waals surface area contributed by atoms with Gasteiger partial charge < -0.3 is 19.4 Å². The van der Waals surface area contributed by atoms with Gasteiger partial charge in [0.15, 0.2) is 11.2 Å². The van der Waals surface area contributed by atoms with Crippen LogP contribution in [0.1, 0.15) is 41.6 Å². The molecule has 0 aliphatic carbocycles. The summed E-state index contributed by atoms with van der Waals surface area (Å²) in [7, 11) is 2.89. The average Bonchev–Trinajstić information content (AvgIpc) is 3.56. The van der Waals surface area contributed by atoms with Crippen molar-refractivity contribution in [1.82, 2.24) is 19.5 Å². The molecule has 206 valence electrons. The van der Waals surface area contributed by atoms with Gasteiger partial charge in [-0.1, -0.05) is 41.4 Å². The summed E-state index contributed by atoms with van der Waals surface area (Å²) in [5, 5.41) is 3.60. The second-order valence-corrected chi connectivity index (χ2v) is 10.5. The van der Waals surface area contributed by atoms with Crippen LogP contribution in [0.2, 0.25) is 10.0 Å². The van der Waals surface area contributed by atoms with E-state index in [9.17, 15) is 9.59 Å². The highest BCUT2D eigenvalue weighted by atomic mass is 35.5. The van der Waals surface area contributed by atoms with E-state index < -0.39 is 17.4 Å². The minimum absolute atomic E-state index is 0.0282. The summed E-state index contributed by atoms with van der Waals surface area (Å²) >= 11 is 12.7. The number of halogens is 2. The van der Waals surface area contributed by atoms with Crippen molar-refractivity contribution in [3.05, 3.63) is 81.0 Å². The van der Waals surface area contributed by atoms with Crippen molar-refractivity contribution in [2.24, 2.45) is 0 Å². The number of benzene rings is 2. The first-order valence-corrected chi connectivity index (χ1v) is 13.1. The zero-order chi connectivity index (χ0) is 29.2. The third-order valence-corrected chi connectivity index (χ3v) is 7.58. The molecule has 2 aromatic carbocycles. The Bertz CT molecular complexity index is 1830. The standard InChI is InChI=1S/C28H21Cl2N7O4/c1-13(2)36-22-21(34-23(36)16-12-32-27(41-5)35-24(16)40-4)25(38)37(20-11-15(30)7-9-18(20)31-3)28(22)17-8-6-14(29)10-19(17)33-26(28)39/h6-13H,1-2,4-5H3,(H,33,39). The number of ether oxygens (including phenoxy) is 2. The number of anilines is 2. The quantitative estimate of drug-likeness (QED) is 0.299. The number of amides is 2. The lowest BCUT2D eigenvalue weighted by molar-refractivity contribution is -0.119. The Labute approximate surface area is 244 Å². The molecule has 1 unspecified atom stereocenters. The van der Waals surface area contributed by atoms with Crippen molar-refractivity contribution in [1.29, 1.82) is 0 Å². The SMILES string of the molecule is [C-]#[N+]c1ccc(Cl)cc1N1C(=O)c2nc(-c3cnc(OC)nc3OC)n(C(C)C)c2C12C(=O)Nc1cc(Cl)ccc12. The molecule has 0 fully saturated rings. The summed E-state index contributed by atoms with van der Waals surface area (Å²) in [5.74, 6) is -0.596. The van der Waals surface area contributed by atoms with Gasteiger partial charge in [-0.05, 0) is 32.0 Å². The number of methoxy groups -OCH3 is 2. The molecule has 13 heteroatoms. The lowest BCUT2D eigenvalue weighted by Gasteiger charge is -2.36. The van der Waals surface area contributed by atoms with Gasteiger partial charge in [0.25, 0.3) is 11.8 Å². The Kier molecular flexibility index (Phi) is 6.13. The summed E-state index contributed by atoms with van der Waals surface area (Å²) in [5.41, 5.74) is 0.224. The molecule has 41 heavy (non-hydrogen) atoms. The molecule has 2 amide bonds. The van der Waals surface area contributed by atoms with Crippen LogP contribution < -0.4 is 19.7 Å². The maximum absolute atomic E-state index is 14.5. The molecule has 0 bridgehead atoms. The maximum atomic E-state index is 14.5. The first-order chi connectivity index (χ1) is 19.7. The molecule has 11 nitrogen and oxygen atoms in total. The Hall–Kier alpha value is -4.66. The predicted molar refractivity (Wildman–Crippen MR) is 152 cm³/mol. The molecular weight excluding hydrogens is 569 g/mol. The average molecular weight is 590 g/mol. The second-order valence-electron chi connectivity index (χ2n) is 9.62. The molecule has 1 atom stereocenters. The first kappa shape index (κ1) is 26.6. The highest BCUT2D eigenvalue weighted by molar-refractivity contribution is 6.32. The number of fused-ring (bicyclic) bond motifs is 4. The molecule has 2 aliphatic rings. The van der Waals surface area contributed by atoms with Gasteiger partial charge in [0.1, 0.15) is 5.82 Å². The first-order valence-electron chi connectivity index (χ1n) is 12.4. The molecule has 0 radical (unpaired) electrons. The zero-order valence-electron chi connectivity index (χ0n) is 22.2. The van der Waals surface area contributed by atoms with Gasteiger partial charge in [0, 0.05) is 33.5 Å². The van der Waals surface area contributed by atoms with Crippen LogP contribution in [0.25, 0.3) is 16.2 Å². The van der Waals surface area contributed by atoms with Crippen LogP contribution in [0.15, 0.2) is 42.6 Å². The van der Waals surface area contributed by atoms with Crippen LogP contribution in [0.3, 0.4) is 0 Å². The van der Waals surface area contributed by atoms with E-state index in [2.05, 4.69) is 20.1 Å². The highest BCUT2D eigenvalue weighted by Crippen LogP contribution is 2.56. The van der Waals surface area contributed by atoms with Crippen LogP contribution in [-0.2, 0) is 10.3 Å². The minimum atomic E-state index is -1.74. The van der Waals surface area contributed by atoms with Gasteiger partial charge in [-0.3, -0.25) is 14.5 Å². The van der Waals surface area contributed by atoms with Gasteiger partial charge in [-0.25, -0.2) is 14.8 Å². The number of hydrogen-bond acceptors (Lipinski definition) is 7. The number of nitrogens with one attached hydrogen (secondary N) is 1. The normalized spacial score (nSPS) is 17.1. The van der Waals surface area contributed by atoms with Crippen molar-refractivity contribution in [2.45, 2.75) is 25.4 Å². The highest BCUT2D eigenvalue weighted by Gasteiger charge is 2.64. The fourth-order valence-corrected chi connectivity index (χ4v) is 5.87. The van der Waals surface area contributed by atoms with Crippen molar-refractivity contribution in [3.63, 3.8) is 0 Å². The summed E-state index contributed by atoms with van der Waals surface area (Å²) in [4.78, 5) is 47.0. The van der Waals surface area contributed by atoms with Crippen molar-refractivity contribution < 1.29 is 19.1 Å². The van der Waals surface area contributed by atoms with E-state index in [-0.39, 0.29) is 35.0 Å². The van der Waals surface area contributed by atoms with E-state index >= 15 is 0 Å². The fraction of sp³-hybridized carbons (Fsp3) is 0.214. The molecule has 4 aromatic rings. The lowest BCUT2D eigenvalue weighted by atomic mass is 9.86. The molecular formula is C28H21Cl2N7O4. The summed E-state index contributed by atoms with van der Waals surface area (Å²) in [6.07, 6.45) is 1.49. The molecule has 6 rings (SSSR count). The number of rotatable bonds is 5. The molecule has 0 saturated carbocycles. The van der Waals surface area contributed by atoms with Crippen molar-refractivity contribution in [2.75, 3.05) is 24.4 Å².